The number of fused-ring (bicyclic) bond motifs is 1. The van der Waals surface area contributed by atoms with E-state index in [1.807, 2.05) is 12.1 Å². The van der Waals surface area contributed by atoms with E-state index in [1.165, 1.54) is 6.07 Å². The molecule has 0 amide bonds. The molecule has 0 spiro atoms. The van der Waals surface area contributed by atoms with Crippen LogP contribution in [0.3, 0.4) is 0 Å². The second-order valence-corrected chi connectivity index (χ2v) is 6.28. The molecular formula is C14H17FN2S. The smallest absolute Gasteiger partial charge is 0.133 e. The number of benzene rings is 1. The van der Waals surface area contributed by atoms with Gasteiger partial charge in [0.2, 0.25) is 0 Å². The van der Waals surface area contributed by atoms with Gasteiger partial charge in [-0.2, -0.15) is 0 Å². The van der Waals surface area contributed by atoms with Crippen molar-refractivity contribution in [1.82, 2.24) is 0 Å². The summed E-state index contributed by atoms with van der Waals surface area (Å²) in [6.45, 7) is 0.763. The Morgan fingerprint density at radius 2 is 2.17 bits per heavy atom. The molecule has 1 aliphatic carbocycles. The van der Waals surface area contributed by atoms with Crippen LogP contribution in [0.4, 0.5) is 4.39 Å². The van der Waals surface area contributed by atoms with Gasteiger partial charge in [-0.05, 0) is 43.9 Å². The zero-order chi connectivity index (χ0) is 12.5. The first-order chi connectivity index (χ1) is 8.78. The maximum Gasteiger partial charge on any atom is 0.133 e. The Morgan fingerprint density at radius 3 is 2.94 bits per heavy atom. The third kappa shape index (κ3) is 2.19. The maximum atomic E-state index is 13.7. The van der Waals surface area contributed by atoms with Gasteiger partial charge < -0.3 is 5.73 Å². The normalized spacial score (nSPS) is 31.0. The minimum atomic E-state index is -0.169. The lowest BCUT2D eigenvalue weighted by atomic mass is 9.86. The maximum absolute atomic E-state index is 13.7. The van der Waals surface area contributed by atoms with E-state index in [0.29, 0.717) is 22.8 Å². The number of aliphatic imine (C=N–C) groups is 1. The van der Waals surface area contributed by atoms with Gasteiger partial charge in [0.05, 0.1) is 6.04 Å². The zero-order valence-corrected chi connectivity index (χ0v) is 11.0. The van der Waals surface area contributed by atoms with E-state index >= 15 is 0 Å². The standard InChI is InChI=1S/C14H17FN2S/c15-11-4-2-1-3-10(11)14-17-12-6-5-9(8-16)7-13(12)18-14/h1-4,9,12-13H,5-8,16H2. The number of nitrogens with zero attached hydrogens (tertiary/aromatic N) is 1. The lowest BCUT2D eigenvalue weighted by Crippen LogP contribution is -2.31. The first-order valence-electron chi connectivity index (χ1n) is 6.47. The number of rotatable bonds is 2. The van der Waals surface area contributed by atoms with Crippen molar-refractivity contribution in [2.75, 3.05) is 6.54 Å². The predicted octanol–water partition coefficient (Wildman–Crippen LogP) is 2.82. The molecule has 4 heteroatoms. The third-order valence-corrected chi connectivity index (χ3v) is 5.21. The van der Waals surface area contributed by atoms with E-state index in [1.54, 1.807) is 17.8 Å². The molecule has 3 unspecified atom stereocenters. The molecule has 0 aromatic heterocycles. The van der Waals surface area contributed by atoms with Gasteiger partial charge in [-0.25, -0.2) is 4.39 Å². The molecule has 1 saturated carbocycles. The summed E-state index contributed by atoms with van der Waals surface area (Å²) < 4.78 is 13.7. The van der Waals surface area contributed by atoms with Crippen LogP contribution >= 0.6 is 11.8 Å². The monoisotopic (exact) mass is 264 g/mol. The second kappa shape index (κ2) is 5.02. The predicted molar refractivity (Wildman–Crippen MR) is 74.5 cm³/mol. The van der Waals surface area contributed by atoms with Crippen molar-refractivity contribution in [3.63, 3.8) is 0 Å². The fourth-order valence-corrected chi connectivity index (χ4v) is 4.27. The first kappa shape index (κ1) is 12.2. The lowest BCUT2D eigenvalue weighted by molar-refractivity contribution is 0.347. The van der Waals surface area contributed by atoms with Crippen LogP contribution in [0.5, 0.6) is 0 Å². The molecule has 2 aliphatic rings. The van der Waals surface area contributed by atoms with E-state index in [9.17, 15) is 4.39 Å². The third-order valence-electron chi connectivity index (χ3n) is 3.85. The highest BCUT2D eigenvalue weighted by molar-refractivity contribution is 8.15. The van der Waals surface area contributed by atoms with Crippen molar-refractivity contribution in [2.24, 2.45) is 16.6 Å². The highest BCUT2D eigenvalue weighted by Crippen LogP contribution is 2.41. The van der Waals surface area contributed by atoms with E-state index in [0.717, 1.165) is 30.9 Å². The van der Waals surface area contributed by atoms with Gasteiger partial charge in [-0.3, -0.25) is 4.99 Å². The Kier molecular flexibility index (Phi) is 3.39. The van der Waals surface area contributed by atoms with Crippen molar-refractivity contribution in [1.29, 1.82) is 0 Å². The molecule has 0 saturated heterocycles. The summed E-state index contributed by atoms with van der Waals surface area (Å²) in [6, 6.07) is 7.28. The van der Waals surface area contributed by atoms with E-state index in [4.69, 9.17) is 10.7 Å². The van der Waals surface area contributed by atoms with Crippen molar-refractivity contribution in [3.8, 4) is 0 Å². The second-order valence-electron chi connectivity index (χ2n) is 5.05. The Labute approximate surface area is 111 Å². The lowest BCUT2D eigenvalue weighted by Gasteiger charge is -2.28. The quantitative estimate of drug-likeness (QED) is 0.892. The molecule has 96 valence electrons. The average molecular weight is 264 g/mol. The molecule has 18 heavy (non-hydrogen) atoms. The SMILES string of the molecule is NCC1CCC2N=C(c3ccccc3F)SC2C1. The molecule has 3 rings (SSSR count). The molecule has 2 N–H and O–H groups in total. The minimum Gasteiger partial charge on any atom is -0.330 e. The zero-order valence-electron chi connectivity index (χ0n) is 10.2. The average Bonchev–Trinajstić information content (AvgIpc) is 2.81. The van der Waals surface area contributed by atoms with Gasteiger partial charge in [-0.15, -0.1) is 11.8 Å². The summed E-state index contributed by atoms with van der Waals surface area (Å²) in [6.07, 6.45) is 3.37. The Balaban J connectivity index is 1.80. The summed E-state index contributed by atoms with van der Waals surface area (Å²) >= 11 is 1.74. The largest absolute Gasteiger partial charge is 0.330 e. The summed E-state index contributed by atoms with van der Waals surface area (Å²) in [4.78, 5) is 4.71. The Hall–Kier alpha value is -0.870. The van der Waals surface area contributed by atoms with Gasteiger partial charge in [0.1, 0.15) is 10.9 Å². The highest BCUT2D eigenvalue weighted by atomic mass is 32.2. The Morgan fingerprint density at radius 1 is 1.33 bits per heavy atom. The van der Waals surface area contributed by atoms with Crippen molar-refractivity contribution in [2.45, 2.75) is 30.6 Å². The molecule has 1 fully saturated rings. The highest BCUT2D eigenvalue weighted by Gasteiger charge is 2.36. The van der Waals surface area contributed by atoms with Gasteiger partial charge in [-0.1, -0.05) is 12.1 Å². The molecular weight excluding hydrogens is 247 g/mol. The van der Waals surface area contributed by atoms with Crippen LogP contribution in [0.15, 0.2) is 29.3 Å². The summed E-state index contributed by atoms with van der Waals surface area (Å²) in [5, 5.41) is 1.38. The molecule has 3 atom stereocenters. The number of hydrogen-bond donors (Lipinski definition) is 1. The van der Waals surface area contributed by atoms with E-state index < -0.39 is 0 Å². The molecule has 0 bridgehead atoms. The fraction of sp³-hybridized carbons (Fsp3) is 0.500. The van der Waals surface area contributed by atoms with Crippen LogP contribution in [-0.4, -0.2) is 22.9 Å². The van der Waals surface area contributed by atoms with Crippen LogP contribution in [0.1, 0.15) is 24.8 Å². The molecule has 1 aromatic carbocycles. The first-order valence-corrected chi connectivity index (χ1v) is 7.35. The van der Waals surface area contributed by atoms with Crippen molar-refractivity contribution < 1.29 is 4.39 Å². The van der Waals surface area contributed by atoms with E-state index in [2.05, 4.69) is 0 Å². The topological polar surface area (TPSA) is 38.4 Å². The van der Waals surface area contributed by atoms with Crippen LogP contribution in [0, 0.1) is 11.7 Å². The minimum absolute atomic E-state index is 0.169. The van der Waals surface area contributed by atoms with Gasteiger partial charge >= 0.3 is 0 Å². The van der Waals surface area contributed by atoms with Crippen LogP contribution in [0.2, 0.25) is 0 Å². The van der Waals surface area contributed by atoms with Crippen LogP contribution in [0.25, 0.3) is 0 Å². The van der Waals surface area contributed by atoms with Crippen LogP contribution < -0.4 is 5.73 Å². The molecule has 1 aromatic rings. The summed E-state index contributed by atoms with van der Waals surface area (Å²) in [7, 11) is 0. The van der Waals surface area contributed by atoms with Gasteiger partial charge in [0.15, 0.2) is 0 Å². The Bertz CT molecular complexity index is 475. The molecule has 1 heterocycles. The molecule has 0 radical (unpaired) electrons. The van der Waals surface area contributed by atoms with Gasteiger partial charge in [0, 0.05) is 10.8 Å². The number of halogens is 1. The fourth-order valence-electron chi connectivity index (χ4n) is 2.78. The number of hydrogen-bond acceptors (Lipinski definition) is 3. The molecule has 1 aliphatic heterocycles. The number of nitrogens with two attached hydrogens (primary N) is 1. The molecule has 2 nitrogen and oxygen atoms in total. The summed E-state index contributed by atoms with van der Waals surface area (Å²) in [5.74, 6) is 0.451. The number of thioether (sulfide) groups is 1. The summed E-state index contributed by atoms with van der Waals surface area (Å²) in [5.41, 5.74) is 6.40. The van der Waals surface area contributed by atoms with Crippen molar-refractivity contribution in [3.05, 3.63) is 35.6 Å². The van der Waals surface area contributed by atoms with Gasteiger partial charge in [0.25, 0.3) is 0 Å². The van der Waals surface area contributed by atoms with E-state index in [-0.39, 0.29) is 5.82 Å². The van der Waals surface area contributed by atoms with Crippen molar-refractivity contribution >= 4 is 16.8 Å². The van der Waals surface area contributed by atoms with Crippen LogP contribution in [-0.2, 0) is 0 Å².